The van der Waals surface area contributed by atoms with E-state index in [9.17, 15) is 14.4 Å². The predicted octanol–water partition coefficient (Wildman–Crippen LogP) is 0.173. The third-order valence-electron chi connectivity index (χ3n) is 2.33. The number of carbonyl (C=O) groups is 3. The van der Waals surface area contributed by atoms with Gasteiger partial charge in [0.2, 0.25) is 0 Å². The van der Waals surface area contributed by atoms with Crippen molar-refractivity contribution < 1.29 is 19.5 Å². The average Bonchev–Trinajstić information content (AvgIpc) is 2.43. The SMILES string of the molecule is CN(C)C(=O)NCCNC(=O)Nc1ccc(C(=O)O)nc1. The van der Waals surface area contributed by atoms with Gasteiger partial charge < -0.3 is 26.0 Å². The molecule has 0 atom stereocenters. The van der Waals surface area contributed by atoms with Crippen LogP contribution in [-0.2, 0) is 0 Å². The normalized spacial score (nSPS) is 9.62. The number of urea groups is 2. The van der Waals surface area contributed by atoms with Crippen molar-refractivity contribution >= 4 is 23.7 Å². The maximum absolute atomic E-state index is 11.5. The minimum atomic E-state index is -1.14. The maximum Gasteiger partial charge on any atom is 0.354 e. The van der Waals surface area contributed by atoms with Gasteiger partial charge in [0.1, 0.15) is 5.69 Å². The summed E-state index contributed by atoms with van der Waals surface area (Å²) < 4.78 is 0. The second-order valence-electron chi connectivity index (χ2n) is 4.24. The zero-order chi connectivity index (χ0) is 15.8. The molecule has 1 aromatic rings. The lowest BCUT2D eigenvalue weighted by Crippen LogP contribution is -2.40. The molecule has 1 aromatic heterocycles. The van der Waals surface area contributed by atoms with E-state index in [1.807, 2.05) is 0 Å². The van der Waals surface area contributed by atoms with E-state index < -0.39 is 12.0 Å². The number of amides is 4. The van der Waals surface area contributed by atoms with Crippen LogP contribution >= 0.6 is 0 Å². The van der Waals surface area contributed by atoms with Gasteiger partial charge in [-0.1, -0.05) is 0 Å². The number of carbonyl (C=O) groups excluding carboxylic acids is 2. The number of aromatic carboxylic acids is 1. The fourth-order valence-electron chi connectivity index (χ4n) is 1.27. The molecule has 0 aliphatic carbocycles. The van der Waals surface area contributed by atoms with E-state index in [2.05, 4.69) is 20.9 Å². The van der Waals surface area contributed by atoms with Crippen LogP contribution in [0.1, 0.15) is 10.5 Å². The number of hydrogen-bond donors (Lipinski definition) is 4. The van der Waals surface area contributed by atoms with Gasteiger partial charge >= 0.3 is 18.0 Å². The first-order valence-electron chi connectivity index (χ1n) is 6.09. The largest absolute Gasteiger partial charge is 0.477 e. The highest BCUT2D eigenvalue weighted by atomic mass is 16.4. The number of rotatable bonds is 5. The van der Waals surface area contributed by atoms with Crippen molar-refractivity contribution in [1.82, 2.24) is 20.5 Å². The number of nitrogens with one attached hydrogen (secondary N) is 3. The lowest BCUT2D eigenvalue weighted by molar-refractivity contribution is 0.0690. The van der Waals surface area contributed by atoms with E-state index in [4.69, 9.17) is 5.11 Å². The molecular formula is C12H17N5O4. The molecule has 21 heavy (non-hydrogen) atoms. The summed E-state index contributed by atoms with van der Waals surface area (Å²) in [5.41, 5.74) is 0.266. The number of aromatic nitrogens is 1. The molecule has 0 aromatic carbocycles. The fourth-order valence-corrected chi connectivity index (χ4v) is 1.27. The van der Waals surface area contributed by atoms with Gasteiger partial charge in [0.25, 0.3) is 0 Å². The highest BCUT2D eigenvalue weighted by molar-refractivity contribution is 5.90. The zero-order valence-corrected chi connectivity index (χ0v) is 11.7. The summed E-state index contributed by atoms with van der Waals surface area (Å²) in [6.45, 7) is 0.548. The van der Waals surface area contributed by atoms with Crippen LogP contribution in [0.4, 0.5) is 15.3 Å². The third-order valence-corrected chi connectivity index (χ3v) is 2.33. The van der Waals surface area contributed by atoms with E-state index in [0.29, 0.717) is 12.2 Å². The summed E-state index contributed by atoms with van der Waals surface area (Å²) >= 11 is 0. The van der Waals surface area contributed by atoms with Crippen molar-refractivity contribution in [2.45, 2.75) is 0 Å². The first-order valence-corrected chi connectivity index (χ1v) is 6.09. The van der Waals surface area contributed by atoms with Gasteiger partial charge in [-0.05, 0) is 12.1 Å². The Labute approximate surface area is 121 Å². The van der Waals surface area contributed by atoms with E-state index in [-0.39, 0.29) is 18.3 Å². The number of nitrogens with zero attached hydrogens (tertiary/aromatic N) is 2. The van der Waals surface area contributed by atoms with Gasteiger partial charge in [-0.15, -0.1) is 0 Å². The molecule has 9 heteroatoms. The molecule has 0 unspecified atom stereocenters. The first-order chi connectivity index (χ1) is 9.90. The third kappa shape index (κ3) is 5.76. The second kappa shape index (κ2) is 7.68. The summed E-state index contributed by atoms with van der Waals surface area (Å²) in [5.74, 6) is -1.14. The fraction of sp³-hybridized carbons (Fsp3) is 0.333. The minimum absolute atomic E-state index is 0.104. The number of pyridine rings is 1. The monoisotopic (exact) mass is 295 g/mol. The van der Waals surface area contributed by atoms with Crippen molar-refractivity contribution in [3.8, 4) is 0 Å². The van der Waals surface area contributed by atoms with Gasteiger partial charge in [0.05, 0.1) is 11.9 Å². The average molecular weight is 295 g/mol. The number of carboxylic acids is 1. The highest BCUT2D eigenvalue weighted by Gasteiger charge is 2.06. The second-order valence-corrected chi connectivity index (χ2v) is 4.24. The van der Waals surface area contributed by atoms with Crippen LogP contribution in [0, 0.1) is 0 Å². The van der Waals surface area contributed by atoms with Crippen molar-refractivity contribution in [3.63, 3.8) is 0 Å². The number of hydrogen-bond acceptors (Lipinski definition) is 4. The Morgan fingerprint density at radius 1 is 1.19 bits per heavy atom. The Kier molecular flexibility index (Phi) is 5.93. The van der Waals surface area contributed by atoms with E-state index in [0.717, 1.165) is 0 Å². The molecule has 1 rings (SSSR count). The molecule has 4 amide bonds. The molecule has 0 aliphatic heterocycles. The Morgan fingerprint density at radius 3 is 2.38 bits per heavy atom. The van der Waals surface area contributed by atoms with Gasteiger partial charge in [0.15, 0.2) is 0 Å². The van der Waals surface area contributed by atoms with Crippen LogP contribution < -0.4 is 16.0 Å². The van der Waals surface area contributed by atoms with E-state index in [1.165, 1.54) is 23.2 Å². The van der Waals surface area contributed by atoms with Gasteiger partial charge in [0, 0.05) is 27.2 Å². The Bertz CT molecular complexity index is 515. The van der Waals surface area contributed by atoms with Crippen molar-refractivity contribution in [1.29, 1.82) is 0 Å². The Hall–Kier alpha value is -2.84. The predicted molar refractivity (Wildman–Crippen MR) is 75.3 cm³/mol. The molecule has 0 aliphatic rings. The quantitative estimate of drug-likeness (QED) is 0.577. The van der Waals surface area contributed by atoms with Crippen molar-refractivity contribution in [2.24, 2.45) is 0 Å². The molecule has 0 spiro atoms. The van der Waals surface area contributed by atoms with Crippen molar-refractivity contribution in [2.75, 3.05) is 32.5 Å². The smallest absolute Gasteiger partial charge is 0.354 e. The number of anilines is 1. The van der Waals surface area contributed by atoms with Crippen LogP contribution in [0.3, 0.4) is 0 Å². The molecule has 0 saturated carbocycles. The molecule has 0 fully saturated rings. The summed E-state index contributed by atoms with van der Waals surface area (Å²) in [4.78, 5) is 38.4. The van der Waals surface area contributed by atoms with Crippen LogP contribution in [0.25, 0.3) is 0 Å². The molecule has 1 heterocycles. The molecular weight excluding hydrogens is 278 g/mol. The summed E-state index contributed by atoms with van der Waals surface area (Å²) in [6, 6.07) is 2.00. The van der Waals surface area contributed by atoms with Gasteiger partial charge in [-0.2, -0.15) is 0 Å². The summed E-state index contributed by atoms with van der Waals surface area (Å²) in [6.07, 6.45) is 1.25. The van der Waals surface area contributed by atoms with E-state index in [1.54, 1.807) is 14.1 Å². The highest BCUT2D eigenvalue weighted by Crippen LogP contribution is 2.05. The van der Waals surface area contributed by atoms with Gasteiger partial charge in [-0.25, -0.2) is 19.4 Å². The van der Waals surface area contributed by atoms with Crippen LogP contribution in [0.15, 0.2) is 18.3 Å². The molecule has 0 bridgehead atoms. The van der Waals surface area contributed by atoms with E-state index >= 15 is 0 Å². The molecule has 0 saturated heterocycles. The van der Waals surface area contributed by atoms with Crippen LogP contribution in [0.5, 0.6) is 0 Å². The maximum atomic E-state index is 11.5. The Morgan fingerprint density at radius 2 is 1.86 bits per heavy atom. The summed E-state index contributed by atoms with van der Waals surface area (Å²) in [5, 5.41) is 16.3. The molecule has 9 nitrogen and oxygen atoms in total. The lowest BCUT2D eigenvalue weighted by Gasteiger charge is -2.12. The molecule has 4 N–H and O–H groups in total. The zero-order valence-electron chi connectivity index (χ0n) is 11.7. The lowest BCUT2D eigenvalue weighted by atomic mass is 10.3. The van der Waals surface area contributed by atoms with Crippen LogP contribution in [0.2, 0.25) is 0 Å². The topological polar surface area (TPSA) is 124 Å². The molecule has 114 valence electrons. The standard InChI is InChI=1S/C12H17N5O4/c1-17(2)12(21)14-6-5-13-11(20)16-8-3-4-9(10(18)19)15-7-8/h3-4,7H,5-6H2,1-2H3,(H,14,21)(H,18,19)(H2,13,16,20). The Balaban J connectivity index is 2.30. The number of carboxylic acid groups (broad SMARTS) is 1. The van der Waals surface area contributed by atoms with Crippen molar-refractivity contribution in [3.05, 3.63) is 24.0 Å². The summed E-state index contributed by atoms with van der Waals surface area (Å²) in [7, 11) is 3.23. The minimum Gasteiger partial charge on any atom is -0.477 e. The first kappa shape index (κ1) is 16.2. The molecule has 0 radical (unpaired) electrons. The van der Waals surface area contributed by atoms with Crippen LogP contribution in [-0.4, -0.2) is 60.2 Å². The van der Waals surface area contributed by atoms with Gasteiger partial charge in [-0.3, -0.25) is 0 Å².